The van der Waals surface area contributed by atoms with Crippen molar-refractivity contribution in [1.29, 1.82) is 0 Å². The molecule has 0 aliphatic carbocycles. The molecule has 0 amide bonds. The molecule has 2 rings (SSSR count). The molecular weight excluding hydrogens is 214 g/mol. The first-order valence-electron chi connectivity index (χ1n) is 4.69. The Morgan fingerprint density at radius 2 is 2.19 bits per heavy atom. The largest absolute Gasteiger partial charge is 0.367 e. The number of nitrogen functional groups attached to an aromatic ring is 1. The molecule has 0 unspecified atom stereocenters. The Labute approximate surface area is 90.9 Å². The van der Waals surface area contributed by atoms with E-state index in [1.807, 2.05) is 0 Å². The Morgan fingerprint density at radius 1 is 1.44 bits per heavy atom. The average molecular weight is 224 g/mol. The van der Waals surface area contributed by atoms with Crippen molar-refractivity contribution in [3.8, 4) is 11.1 Å². The highest BCUT2D eigenvalue weighted by atomic mass is 19.1. The Bertz CT molecular complexity index is 499. The third-order valence-corrected chi connectivity index (χ3v) is 2.46. The lowest BCUT2D eigenvalue weighted by Crippen LogP contribution is -1.94. The number of hydrogen-bond acceptors (Lipinski definition) is 3. The summed E-state index contributed by atoms with van der Waals surface area (Å²) in [7, 11) is 0. The van der Waals surface area contributed by atoms with Crippen molar-refractivity contribution in [2.75, 3.05) is 5.73 Å². The summed E-state index contributed by atoms with van der Waals surface area (Å²) < 4.78 is 30.7. The van der Waals surface area contributed by atoms with Crippen LogP contribution in [0.5, 0.6) is 0 Å². The molecule has 16 heavy (non-hydrogen) atoms. The maximum Gasteiger partial charge on any atom is 0.229 e. The number of nitrogens with two attached hydrogens (primary N) is 1. The van der Waals surface area contributed by atoms with Crippen LogP contribution in [-0.2, 0) is 6.67 Å². The van der Waals surface area contributed by atoms with Crippen LogP contribution in [0.2, 0.25) is 0 Å². The van der Waals surface area contributed by atoms with Crippen molar-refractivity contribution in [3.05, 3.63) is 35.3 Å². The lowest BCUT2D eigenvalue weighted by Gasteiger charge is -2.06. The van der Waals surface area contributed by atoms with E-state index < -0.39 is 12.5 Å². The van der Waals surface area contributed by atoms with E-state index in [4.69, 9.17) is 5.73 Å². The second-order valence-corrected chi connectivity index (χ2v) is 3.49. The van der Waals surface area contributed by atoms with Gasteiger partial charge >= 0.3 is 0 Å². The van der Waals surface area contributed by atoms with Gasteiger partial charge in [-0.1, -0.05) is 11.2 Å². The van der Waals surface area contributed by atoms with Crippen molar-refractivity contribution in [2.24, 2.45) is 0 Å². The molecule has 0 aliphatic heterocycles. The molecule has 0 radical (unpaired) electrons. The highest BCUT2D eigenvalue weighted by Crippen LogP contribution is 2.29. The van der Waals surface area contributed by atoms with Gasteiger partial charge in [-0.25, -0.2) is 8.78 Å². The zero-order chi connectivity index (χ0) is 11.7. The van der Waals surface area contributed by atoms with Gasteiger partial charge in [0.15, 0.2) is 0 Å². The predicted octanol–water partition coefficient (Wildman–Crippen LogP) is 2.84. The summed E-state index contributed by atoms with van der Waals surface area (Å²) in [5.74, 6) is -0.468. The van der Waals surface area contributed by atoms with Gasteiger partial charge in [-0.3, -0.25) is 0 Å². The summed E-state index contributed by atoms with van der Waals surface area (Å²) >= 11 is 0. The van der Waals surface area contributed by atoms with Crippen LogP contribution in [0.3, 0.4) is 0 Å². The highest BCUT2D eigenvalue weighted by molar-refractivity contribution is 5.72. The Hall–Kier alpha value is -1.91. The number of aromatic nitrogens is 1. The fourth-order valence-corrected chi connectivity index (χ4v) is 1.56. The Balaban J connectivity index is 2.57. The molecule has 0 spiro atoms. The molecule has 5 heteroatoms. The van der Waals surface area contributed by atoms with Gasteiger partial charge in [0.25, 0.3) is 0 Å². The van der Waals surface area contributed by atoms with E-state index in [0.717, 1.165) is 0 Å². The number of hydrogen-bond donors (Lipinski definition) is 1. The minimum absolute atomic E-state index is 0.0683. The molecule has 0 fully saturated rings. The minimum atomic E-state index is -0.822. The van der Waals surface area contributed by atoms with Gasteiger partial charge in [0, 0.05) is 5.56 Å². The first-order chi connectivity index (χ1) is 7.63. The van der Waals surface area contributed by atoms with Crippen LogP contribution in [-0.4, -0.2) is 5.16 Å². The van der Waals surface area contributed by atoms with E-state index >= 15 is 0 Å². The molecule has 0 aliphatic rings. The molecule has 3 nitrogen and oxygen atoms in total. The second-order valence-electron chi connectivity index (χ2n) is 3.49. The van der Waals surface area contributed by atoms with Crippen LogP contribution in [0.4, 0.5) is 14.7 Å². The van der Waals surface area contributed by atoms with Gasteiger partial charge in [0.2, 0.25) is 5.88 Å². The Morgan fingerprint density at radius 3 is 2.69 bits per heavy atom. The number of anilines is 1. The van der Waals surface area contributed by atoms with Gasteiger partial charge in [0.1, 0.15) is 12.5 Å². The molecule has 1 aromatic carbocycles. The third kappa shape index (κ3) is 1.64. The molecule has 2 aromatic rings. The number of nitrogens with zero attached hydrogens (tertiary/aromatic N) is 1. The molecule has 84 valence electrons. The van der Waals surface area contributed by atoms with Crippen LogP contribution in [0, 0.1) is 12.7 Å². The fourth-order valence-electron chi connectivity index (χ4n) is 1.56. The SMILES string of the molecule is Cc1cc(-c2cnoc2N)cc(F)c1CF. The number of halogens is 2. The van der Waals surface area contributed by atoms with Gasteiger partial charge in [0.05, 0.1) is 11.8 Å². The van der Waals surface area contributed by atoms with Crippen molar-refractivity contribution < 1.29 is 13.3 Å². The number of alkyl halides is 1. The first kappa shape index (κ1) is 10.6. The maximum atomic E-state index is 13.5. The Kier molecular flexibility index (Phi) is 2.60. The average Bonchev–Trinajstić information content (AvgIpc) is 2.64. The predicted molar refractivity (Wildman–Crippen MR) is 55.9 cm³/mol. The maximum absolute atomic E-state index is 13.5. The van der Waals surface area contributed by atoms with Crippen molar-refractivity contribution >= 4 is 5.88 Å². The van der Waals surface area contributed by atoms with E-state index in [9.17, 15) is 8.78 Å². The van der Waals surface area contributed by atoms with Crippen molar-refractivity contribution in [1.82, 2.24) is 5.16 Å². The molecule has 0 bridgehead atoms. The normalized spacial score (nSPS) is 10.7. The summed E-state index contributed by atoms with van der Waals surface area (Å²) in [5.41, 5.74) is 7.17. The zero-order valence-corrected chi connectivity index (χ0v) is 8.63. The summed E-state index contributed by atoms with van der Waals surface area (Å²) in [6.07, 6.45) is 1.40. The van der Waals surface area contributed by atoms with Gasteiger partial charge in [-0.05, 0) is 24.1 Å². The topological polar surface area (TPSA) is 52.0 Å². The van der Waals surface area contributed by atoms with Crippen LogP contribution >= 0.6 is 0 Å². The number of benzene rings is 1. The van der Waals surface area contributed by atoms with E-state index in [2.05, 4.69) is 9.68 Å². The van der Waals surface area contributed by atoms with Crippen LogP contribution in [0.25, 0.3) is 11.1 Å². The van der Waals surface area contributed by atoms with Crippen LogP contribution in [0.1, 0.15) is 11.1 Å². The van der Waals surface area contributed by atoms with E-state index in [-0.39, 0.29) is 11.4 Å². The van der Waals surface area contributed by atoms with E-state index in [1.165, 1.54) is 12.3 Å². The first-order valence-corrected chi connectivity index (χ1v) is 4.69. The molecule has 1 aromatic heterocycles. The molecular formula is C11H10F2N2O. The lowest BCUT2D eigenvalue weighted by atomic mass is 10.0. The van der Waals surface area contributed by atoms with Gasteiger partial charge in [-0.2, -0.15) is 0 Å². The molecule has 0 saturated carbocycles. The summed E-state index contributed by atoms with van der Waals surface area (Å²) in [4.78, 5) is 0. The fraction of sp³-hybridized carbons (Fsp3) is 0.182. The standard InChI is InChI=1S/C11H10F2N2O/c1-6-2-7(3-10(13)8(6)4-12)9-5-15-16-11(9)14/h2-3,5H,4,14H2,1H3. The van der Waals surface area contributed by atoms with Crippen LogP contribution < -0.4 is 5.73 Å². The van der Waals surface area contributed by atoms with Crippen molar-refractivity contribution in [2.45, 2.75) is 13.6 Å². The monoisotopic (exact) mass is 224 g/mol. The molecule has 0 saturated heterocycles. The van der Waals surface area contributed by atoms with Gasteiger partial charge in [-0.15, -0.1) is 0 Å². The van der Waals surface area contributed by atoms with Crippen LogP contribution in [0.15, 0.2) is 22.9 Å². The smallest absolute Gasteiger partial charge is 0.229 e. The molecule has 2 N–H and O–H groups in total. The zero-order valence-electron chi connectivity index (χ0n) is 8.63. The quantitative estimate of drug-likeness (QED) is 0.853. The highest BCUT2D eigenvalue weighted by Gasteiger charge is 2.12. The summed E-state index contributed by atoms with van der Waals surface area (Å²) in [5, 5.41) is 3.50. The molecule has 0 atom stereocenters. The van der Waals surface area contributed by atoms with E-state index in [0.29, 0.717) is 16.7 Å². The summed E-state index contributed by atoms with van der Waals surface area (Å²) in [6.45, 7) is 0.822. The number of aryl methyl sites for hydroxylation is 1. The second kappa shape index (κ2) is 3.92. The lowest BCUT2D eigenvalue weighted by molar-refractivity contribution is 0.436. The number of rotatable bonds is 2. The van der Waals surface area contributed by atoms with E-state index in [1.54, 1.807) is 13.0 Å². The third-order valence-electron chi connectivity index (χ3n) is 2.46. The van der Waals surface area contributed by atoms with Crippen molar-refractivity contribution in [3.63, 3.8) is 0 Å². The van der Waals surface area contributed by atoms with Gasteiger partial charge < -0.3 is 10.3 Å². The molecule has 1 heterocycles. The summed E-state index contributed by atoms with van der Waals surface area (Å²) in [6, 6.07) is 2.88. The minimum Gasteiger partial charge on any atom is -0.367 e.